The lowest BCUT2D eigenvalue weighted by Crippen LogP contribution is -2.29. The van der Waals surface area contributed by atoms with Crippen LogP contribution in [0.4, 0.5) is 4.39 Å². The maximum atomic E-state index is 14.1. The Balaban J connectivity index is 2.45. The largest absolute Gasteiger partial charge is 0.338 e. The normalized spacial score (nSPS) is 19.4. The van der Waals surface area contributed by atoms with Gasteiger partial charge in [-0.05, 0) is 37.0 Å². The van der Waals surface area contributed by atoms with E-state index in [2.05, 4.69) is 0 Å². The highest BCUT2D eigenvalue weighted by Gasteiger charge is 2.28. The van der Waals surface area contributed by atoms with E-state index in [1.165, 1.54) is 11.8 Å². The van der Waals surface area contributed by atoms with E-state index in [1.54, 1.807) is 0 Å². The van der Waals surface area contributed by atoms with Crippen LogP contribution in [0.5, 0.6) is 0 Å². The average molecular weight is 320 g/mol. The van der Waals surface area contributed by atoms with Crippen LogP contribution in [0.3, 0.4) is 0 Å². The highest BCUT2D eigenvalue weighted by molar-refractivity contribution is 8.13. The van der Waals surface area contributed by atoms with Crippen LogP contribution < -0.4 is 0 Å². The molecule has 1 amide bonds. The predicted octanol–water partition coefficient (Wildman–Crippen LogP) is 2.54. The zero-order valence-electron chi connectivity index (χ0n) is 11.2. The van der Waals surface area contributed by atoms with E-state index in [1.807, 2.05) is 6.92 Å². The number of carbonyl (C=O) groups is 1. The maximum Gasteiger partial charge on any atom is 0.261 e. The lowest BCUT2D eigenvalue weighted by molar-refractivity contribution is 0.0783. The van der Waals surface area contributed by atoms with Gasteiger partial charge in [0.1, 0.15) is 5.82 Å². The minimum Gasteiger partial charge on any atom is -0.338 e. The minimum absolute atomic E-state index is 0.0855. The second-order valence-corrected chi connectivity index (χ2v) is 7.75. The van der Waals surface area contributed by atoms with Crippen LogP contribution in [-0.2, 0) is 9.05 Å². The lowest BCUT2D eigenvalue weighted by Gasteiger charge is -2.17. The molecule has 0 aliphatic carbocycles. The fraction of sp³-hybridized carbons (Fsp3) is 0.462. The number of hydrogen-bond donors (Lipinski definition) is 0. The summed E-state index contributed by atoms with van der Waals surface area (Å²) in [7, 11) is 1.27. The van der Waals surface area contributed by atoms with Crippen molar-refractivity contribution in [2.75, 3.05) is 13.1 Å². The molecule has 7 heteroatoms. The van der Waals surface area contributed by atoms with Crippen molar-refractivity contribution in [3.05, 3.63) is 29.1 Å². The van der Waals surface area contributed by atoms with Gasteiger partial charge in [-0.15, -0.1) is 0 Å². The molecule has 1 aliphatic heterocycles. The van der Waals surface area contributed by atoms with E-state index in [-0.39, 0.29) is 16.0 Å². The summed E-state index contributed by atoms with van der Waals surface area (Å²) in [4.78, 5) is 13.6. The van der Waals surface area contributed by atoms with E-state index >= 15 is 0 Å². The van der Waals surface area contributed by atoms with Crippen molar-refractivity contribution in [3.63, 3.8) is 0 Å². The van der Waals surface area contributed by atoms with Gasteiger partial charge in [-0.25, -0.2) is 12.8 Å². The third-order valence-corrected chi connectivity index (χ3v) is 4.78. The standard InChI is InChI=1S/C13H15ClFNO3S/c1-8-3-4-16(7-8)13(17)11-6-10(20(14,18)19)5-9(2)12(11)15/h5-6,8H,3-4,7H2,1-2H3. The number of benzene rings is 1. The average Bonchev–Trinajstić information content (AvgIpc) is 2.77. The zero-order chi connectivity index (χ0) is 15.1. The Morgan fingerprint density at radius 3 is 2.60 bits per heavy atom. The van der Waals surface area contributed by atoms with Gasteiger partial charge >= 0.3 is 0 Å². The molecule has 1 aromatic rings. The molecule has 1 atom stereocenters. The number of carbonyl (C=O) groups excluding carboxylic acids is 1. The molecule has 4 nitrogen and oxygen atoms in total. The topological polar surface area (TPSA) is 54.5 Å². The van der Waals surface area contributed by atoms with Crippen molar-refractivity contribution in [2.24, 2.45) is 5.92 Å². The second kappa shape index (κ2) is 5.33. The predicted molar refractivity (Wildman–Crippen MR) is 73.9 cm³/mol. The molecule has 0 N–H and O–H groups in total. The zero-order valence-corrected chi connectivity index (χ0v) is 12.8. The molecular weight excluding hydrogens is 305 g/mol. The number of likely N-dealkylation sites (tertiary alicyclic amines) is 1. The highest BCUT2D eigenvalue weighted by atomic mass is 35.7. The van der Waals surface area contributed by atoms with Crippen molar-refractivity contribution in [1.82, 2.24) is 4.90 Å². The van der Waals surface area contributed by atoms with E-state index in [0.29, 0.717) is 19.0 Å². The SMILES string of the molecule is Cc1cc(S(=O)(=O)Cl)cc(C(=O)N2CCC(C)C2)c1F. The number of aryl methyl sites for hydroxylation is 1. The summed E-state index contributed by atoms with van der Waals surface area (Å²) in [5, 5.41) is 0. The minimum atomic E-state index is -4.00. The molecule has 1 saturated heterocycles. The summed E-state index contributed by atoms with van der Waals surface area (Å²) in [5.41, 5.74) is -0.152. The molecule has 0 aromatic heterocycles. The number of amides is 1. The molecule has 1 fully saturated rings. The van der Waals surface area contributed by atoms with Crippen molar-refractivity contribution in [3.8, 4) is 0 Å². The summed E-state index contributed by atoms with van der Waals surface area (Å²) >= 11 is 0. The Kier molecular flexibility index (Phi) is 4.07. The van der Waals surface area contributed by atoms with Crippen molar-refractivity contribution < 1.29 is 17.6 Å². The number of halogens is 2. The van der Waals surface area contributed by atoms with Gasteiger partial charge in [0.25, 0.3) is 15.0 Å². The molecule has 1 unspecified atom stereocenters. The van der Waals surface area contributed by atoms with Gasteiger partial charge in [0.15, 0.2) is 0 Å². The molecular formula is C13H15ClFNO3S. The monoisotopic (exact) mass is 319 g/mol. The fourth-order valence-corrected chi connectivity index (χ4v) is 3.17. The smallest absolute Gasteiger partial charge is 0.261 e. The van der Waals surface area contributed by atoms with Crippen LogP contribution in [0.15, 0.2) is 17.0 Å². The van der Waals surface area contributed by atoms with Crippen LogP contribution in [0.25, 0.3) is 0 Å². The first-order valence-corrected chi connectivity index (χ1v) is 8.55. The molecule has 0 radical (unpaired) electrons. The first-order valence-electron chi connectivity index (χ1n) is 6.24. The third-order valence-electron chi connectivity index (χ3n) is 3.45. The van der Waals surface area contributed by atoms with Crippen LogP contribution >= 0.6 is 10.7 Å². The van der Waals surface area contributed by atoms with Crippen LogP contribution in [0.1, 0.15) is 29.3 Å². The van der Waals surface area contributed by atoms with E-state index in [0.717, 1.165) is 18.6 Å². The van der Waals surface area contributed by atoms with Crippen molar-refractivity contribution in [1.29, 1.82) is 0 Å². The van der Waals surface area contributed by atoms with Crippen molar-refractivity contribution >= 4 is 25.6 Å². The van der Waals surface area contributed by atoms with Gasteiger partial charge in [-0.2, -0.15) is 0 Å². The summed E-state index contributed by atoms with van der Waals surface area (Å²) in [6, 6.07) is 2.14. The molecule has 0 bridgehead atoms. The molecule has 0 spiro atoms. The van der Waals surface area contributed by atoms with Gasteiger partial charge in [-0.1, -0.05) is 6.92 Å². The van der Waals surface area contributed by atoms with Crippen LogP contribution in [-0.4, -0.2) is 32.3 Å². The molecule has 20 heavy (non-hydrogen) atoms. The molecule has 110 valence electrons. The van der Waals surface area contributed by atoms with Gasteiger partial charge < -0.3 is 4.90 Å². The van der Waals surface area contributed by atoms with Gasteiger partial charge in [-0.3, -0.25) is 4.79 Å². The molecule has 1 aromatic carbocycles. The number of rotatable bonds is 2. The Bertz CT molecular complexity index is 660. The van der Waals surface area contributed by atoms with Crippen molar-refractivity contribution in [2.45, 2.75) is 25.2 Å². The van der Waals surface area contributed by atoms with Crippen LogP contribution in [0.2, 0.25) is 0 Å². The Labute approximate surface area is 121 Å². The first-order chi connectivity index (χ1) is 9.20. The second-order valence-electron chi connectivity index (χ2n) is 5.18. The Morgan fingerprint density at radius 2 is 2.10 bits per heavy atom. The Morgan fingerprint density at radius 1 is 1.45 bits per heavy atom. The summed E-state index contributed by atoms with van der Waals surface area (Å²) in [6.07, 6.45) is 0.861. The maximum absolute atomic E-state index is 14.1. The highest BCUT2D eigenvalue weighted by Crippen LogP contribution is 2.25. The number of hydrogen-bond acceptors (Lipinski definition) is 3. The molecule has 0 saturated carbocycles. The van der Waals surface area contributed by atoms with E-state index < -0.39 is 20.8 Å². The number of nitrogens with zero attached hydrogens (tertiary/aromatic N) is 1. The van der Waals surface area contributed by atoms with Gasteiger partial charge in [0.2, 0.25) is 0 Å². The van der Waals surface area contributed by atoms with Crippen LogP contribution in [0, 0.1) is 18.7 Å². The first kappa shape index (κ1) is 15.3. The van der Waals surface area contributed by atoms with E-state index in [9.17, 15) is 17.6 Å². The quantitative estimate of drug-likeness (QED) is 0.787. The molecule has 1 aliphatic rings. The van der Waals surface area contributed by atoms with E-state index in [4.69, 9.17) is 10.7 Å². The van der Waals surface area contributed by atoms with Gasteiger partial charge in [0, 0.05) is 23.8 Å². The molecule has 1 heterocycles. The third kappa shape index (κ3) is 2.96. The van der Waals surface area contributed by atoms with Gasteiger partial charge in [0.05, 0.1) is 10.5 Å². The summed E-state index contributed by atoms with van der Waals surface area (Å²) < 4.78 is 36.8. The summed E-state index contributed by atoms with van der Waals surface area (Å²) in [5.74, 6) is -0.821. The summed E-state index contributed by atoms with van der Waals surface area (Å²) in [6.45, 7) is 4.52. The lowest BCUT2D eigenvalue weighted by atomic mass is 10.1. The fourth-order valence-electron chi connectivity index (χ4n) is 2.32. The Hall–Kier alpha value is -1.14. The molecule has 2 rings (SSSR count).